The highest BCUT2D eigenvalue weighted by atomic mass is 19.1. The van der Waals surface area contributed by atoms with Crippen LogP contribution < -0.4 is 0 Å². The Kier molecular flexibility index (Phi) is 7.20. The number of piperidine rings is 1. The molecule has 4 aliphatic rings. The zero-order valence-corrected chi connectivity index (χ0v) is 21.6. The molecule has 5 nitrogen and oxygen atoms in total. The third-order valence-electron chi connectivity index (χ3n) is 10.6. The molecule has 1 aromatic carbocycles. The maximum absolute atomic E-state index is 14.5. The molecular weight excluding hydrogens is 464 g/mol. The first-order chi connectivity index (χ1) is 17.2. The van der Waals surface area contributed by atoms with Gasteiger partial charge in [0.2, 0.25) is 0 Å². The second-order valence-corrected chi connectivity index (χ2v) is 12.3. The Morgan fingerprint density at radius 2 is 1.86 bits per heavy atom. The average molecular weight is 506 g/mol. The zero-order valence-electron chi connectivity index (χ0n) is 21.6. The standard InChI is InChI=1S/C29H41F2NO4/c1-28-12-10-20(36-17-19(34)16-33)15-18(28)8-9-21-22(28)11-13-29(2)23(21)5-4-14-32(29)27(35)26-24(30)6-3-7-25(26)31/h3,6-7,18-23,33-34H,4-5,8-17H2,1-2H3/t18?,19-,20+,21-,22+,23+,28+,29?/m1/s1. The molecule has 7 heteroatoms. The Bertz CT molecular complexity index is 954. The van der Waals surface area contributed by atoms with Crippen LogP contribution in [0.25, 0.3) is 0 Å². The van der Waals surface area contributed by atoms with Gasteiger partial charge in [-0.15, -0.1) is 0 Å². The number of hydrogen-bond acceptors (Lipinski definition) is 4. The predicted molar refractivity (Wildman–Crippen MR) is 132 cm³/mol. The van der Waals surface area contributed by atoms with Crippen molar-refractivity contribution >= 4 is 5.91 Å². The van der Waals surface area contributed by atoms with Gasteiger partial charge in [0.1, 0.15) is 23.3 Å². The van der Waals surface area contributed by atoms with Crippen LogP contribution in [0.3, 0.4) is 0 Å². The summed E-state index contributed by atoms with van der Waals surface area (Å²) < 4.78 is 35.0. The summed E-state index contributed by atoms with van der Waals surface area (Å²) in [6.07, 6.45) is 8.44. The molecule has 1 aromatic rings. The van der Waals surface area contributed by atoms with E-state index < -0.39 is 29.2 Å². The van der Waals surface area contributed by atoms with Crippen molar-refractivity contribution in [1.29, 1.82) is 0 Å². The van der Waals surface area contributed by atoms with Gasteiger partial charge in [0.25, 0.3) is 5.91 Å². The number of ether oxygens (including phenoxy) is 1. The number of benzene rings is 1. The van der Waals surface area contributed by atoms with E-state index in [-0.39, 0.29) is 30.3 Å². The third-order valence-corrected chi connectivity index (χ3v) is 10.6. The van der Waals surface area contributed by atoms with E-state index in [0.717, 1.165) is 57.8 Å². The smallest absolute Gasteiger partial charge is 0.260 e. The minimum absolute atomic E-state index is 0.133. The fourth-order valence-corrected chi connectivity index (χ4v) is 8.73. The highest BCUT2D eigenvalue weighted by Crippen LogP contribution is 2.63. The number of likely N-dealkylation sites (tertiary alicyclic amines) is 1. The topological polar surface area (TPSA) is 70.0 Å². The van der Waals surface area contributed by atoms with Gasteiger partial charge < -0.3 is 19.8 Å². The lowest BCUT2D eigenvalue weighted by molar-refractivity contribution is -0.151. The summed E-state index contributed by atoms with van der Waals surface area (Å²) in [6, 6.07) is 3.65. The highest BCUT2D eigenvalue weighted by molar-refractivity contribution is 5.95. The minimum atomic E-state index is -0.820. The molecule has 2 unspecified atom stereocenters. The molecule has 1 amide bonds. The van der Waals surface area contributed by atoms with E-state index in [1.807, 2.05) is 4.90 Å². The minimum Gasteiger partial charge on any atom is -0.394 e. The predicted octanol–water partition coefficient (Wildman–Crippen LogP) is 4.94. The van der Waals surface area contributed by atoms with Gasteiger partial charge in [-0.05, 0) is 106 Å². The third kappa shape index (κ3) is 4.29. The molecule has 4 fully saturated rings. The monoisotopic (exact) mass is 505 g/mol. The maximum atomic E-state index is 14.5. The van der Waals surface area contributed by atoms with E-state index >= 15 is 0 Å². The first-order valence-electron chi connectivity index (χ1n) is 13.9. The van der Waals surface area contributed by atoms with Gasteiger partial charge in [-0.1, -0.05) is 13.0 Å². The Morgan fingerprint density at radius 3 is 2.58 bits per heavy atom. The number of fused-ring (bicyclic) bond motifs is 5. The number of carbonyl (C=O) groups is 1. The van der Waals surface area contributed by atoms with Gasteiger partial charge in [0, 0.05) is 12.1 Å². The molecule has 36 heavy (non-hydrogen) atoms. The molecule has 1 saturated heterocycles. The van der Waals surface area contributed by atoms with E-state index in [1.54, 1.807) is 0 Å². The Hall–Kier alpha value is -1.57. The SMILES string of the molecule is CC12CC[C@H]3[C@@H](CCC4C[C@@H](OC[C@H](O)CO)CC[C@@]43C)[C@@H]1CCCN2C(=O)c1c(F)cccc1F. The summed E-state index contributed by atoms with van der Waals surface area (Å²) >= 11 is 0. The van der Waals surface area contributed by atoms with E-state index in [1.165, 1.54) is 18.2 Å². The molecular formula is C29H41F2NO4. The molecule has 8 atom stereocenters. The van der Waals surface area contributed by atoms with Crippen LogP contribution in [0.2, 0.25) is 0 Å². The van der Waals surface area contributed by atoms with Gasteiger partial charge in [-0.3, -0.25) is 4.79 Å². The van der Waals surface area contributed by atoms with Crippen molar-refractivity contribution in [3.63, 3.8) is 0 Å². The van der Waals surface area contributed by atoms with Gasteiger partial charge in [-0.2, -0.15) is 0 Å². The first-order valence-corrected chi connectivity index (χ1v) is 13.9. The largest absolute Gasteiger partial charge is 0.394 e. The van der Waals surface area contributed by atoms with Gasteiger partial charge >= 0.3 is 0 Å². The summed E-state index contributed by atoms with van der Waals surface area (Å²) in [4.78, 5) is 15.3. The number of halogens is 2. The van der Waals surface area contributed by atoms with Crippen molar-refractivity contribution in [2.75, 3.05) is 19.8 Å². The molecule has 200 valence electrons. The lowest BCUT2D eigenvalue weighted by Crippen LogP contribution is -2.65. The van der Waals surface area contributed by atoms with E-state index in [2.05, 4.69) is 13.8 Å². The summed E-state index contributed by atoms with van der Waals surface area (Å²) in [6.45, 7) is 5.08. The number of aliphatic hydroxyl groups is 2. The zero-order chi connectivity index (χ0) is 25.7. The van der Waals surface area contributed by atoms with Crippen LogP contribution in [0.5, 0.6) is 0 Å². The van der Waals surface area contributed by atoms with Crippen LogP contribution in [0.1, 0.15) is 82.0 Å². The lowest BCUT2D eigenvalue weighted by Gasteiger charge is -2.64. The molecule has 3 saturated carbocycles. The van der Waals surface area contributed by atoms with Crippen molar-refractivity contribution in [3.8, 4) is 0 Å². The fraction of sp³-hybridized carbons (Fsp3) is 0.759. The average Bonchev–Trinajstić information content (AvgIpc) is 2.86. The second-order valence-electron chi connectivity index (χ2n) is 12.3. The quantitative estimate of drug-likeness (QED) is 0.595. The number of aliphatic hydroxyl groups excluding tert-OH is 2. The van der Waals surface area contributed by atoms with E-state index in [0.29, 0.717) is 30.2 Å². The maximum Gasteiger partial charge on any atom is 0.260 e. The number of carbonyl (C=O) groups excluding carboxylic acids is 1. The van der Waals surface area contributed by atoms with Crippen LogP contribution in [0, 0.1) is 40.7 Å². The van der Waals surface area contributed by atoms with Crippen LogP contribution >= 0.6 is 0 Å². The van der Waals surface area contributed by atoms with Crippen molar-refractivity contribution < 1.29 is 28.5 Å². The second kappa shape index (κ2) is 9.95. The van der Waals surface area contributed by atoms with Crippen LogP contribution in [-0.2, 0) is 4.74 Å². The fourth-order valence-electron chi connectivity index (χ4n) is 8.73. The molecule has 0 radical (unpaired) electrons. The molecule has 0 spiro atoms. The highest BCUT2D eigenvalue weighted by Gasteiger charge is 2.59. The van der Waals surface area contributed by atoms with Crippen molar-refractivity contribution in [2.45, 2.75) is 89.4 Å². The Morgan fingerprint density at radius 1 is 1.11 bits per heavy atom. The van der Waals surface area contributed by atoms with E-state index in [9.17, 15) is 18.7 Å². The summed E-state index contributed by atoms with van der Waals surface area (Å²) in [5.41, 5.74) is -0.569. The Labute approximate surface area is 213 Å². The molecule has 3 aliphatic carbocycles. The molecule has 0 aromatic heterocycles. The lowest BCUT2D eigenvalue weighted by atomic mass is 9.45. The number of rotatable bonds is 5. The van der Waals surface area contributed by atoms with Crippen LogP contribution in [0.15, 0.2) is 18.2 Å². The number of nitrogens with zero attached hydrogens (tertiary/aromatic N) is 1. The summed E-state index contributed by atoms with van der Waals surface area (Å²) in [7, 11) is 0. The van der Waals surface area contributed by atoms with Gasteiger partial charge in [0.15, 0.2) is 0 Å². The Balaban J connectivity index is 1.33. The molecule has 5 rings (SSSR count). The van der Waals surface area contributed by atoms with Gasteiger partial charge in [0.05, 0.1) is 19.3 Å². The summed E-state index contributed by atoms with van der Waals surface area (Å²) in [5, 5.41) is 18.8. The van der Waals surface area contributed by atoms with Crippen LogP contribution in [-0.4, -0.2) is 58.5 Å². The molecule has 1 heterocycles. The first kappa shape index (κ1) is 26.1. The van der Waals surface area contributed by atoms with Gasteiger partial charge in [-0.25, -0.2) is 8.78 Å². The normalized spacial score (nSPS) is 39.1. The van der Waals surface area contributed by atoms with Crippen molar-refractivity contribution in [1.82, 2.24) is 4.90 Å². The molecule has 1 aliphatic heterocycles. The molecule has 0 bridgehead atoms. The van der Waals surface area contributed by atoms with E-state index in [4.69, 9.17) is 9.84 Å². The van der Waals surface area contributed by atoms with Crippen molar-refractivity contribution in [3.05, 3.63) is 35.4 Å². The summed E-state index contributed by atoms with van der Waals surface area (Å²) in [5.74, 6) is -0.0507. The molecule has 2 N–H and O–H groups in total. The number of amides is 1. The van der Waals surface area contributed by atoms with Crippen molar-refractivity contribution in [2.24, 2.45) is 29.1 Å². The number of hydrogen-bond donors (Lipinski definition) is 2. The van der Waals surface area contributed by atoms with Crippen LogP contribution in [0.4, 0.5) is 8.78 Å².